The Labute approximate surface area is 127 Å². The Morgan fingerprint density at radius 3 is 2.67 bits per heavy atom. The zero-order chi connectivity index (χ0) is 15.4. The monoisotopic (exact) mass is 304 g/mol. The Hall–Kier alpha value is -2.21. The van der Waals surface area contributed by atoms with E-state index in [-0.39, 0.29) is 11.4 Å². The third kappa shape index (κ3) is 3.66. The molecule has 21 heavy (non-hydrogen) atoms. The molecule has 0 aliphatic rings. The Bertz CT molecular complexity index is 674. The number of nitro benzene ring substituents is 1. The van der Waals surface area contributed by atoms with Gasteiger partial charge in [-0.15, -0.1) is 11.8 Å². The molecule has 0 aliphatic carbocycles. The van der Waals surface area contributed by atoms with E-state index in [1.54, 1.807) is 23.9 Å². The minimum absolute atomic E-state index is 0.00960. The van der Waals surface area contributed by atoms with Gasteiger partial charge in [0.25, 0.3) is 0 Å². The second-order valence-electron chi connectivity index (χ2n) is 4.58. The summed E-state index contributed by atoms with van der Waals surface area (Å²) >= 11 is 1.62. The van der Waals surface area contributed by atoms with E-state index in [0.717, 1.165) is 21.7 Å². The molecular weight excluding hydrogens is 288 g/mol. The maximum absolute atomic E-state index is 11.0. The molecule has 0 unspecified atom stereocenters. The highest BCUT2D eigenvalue weighted by Crippen LogP contribution is 2.32. The van der Waals surface area contributed by atoms with Crippen molar-refractivity contribution in [3.05, 3.63) is 57.6 Å². The van der Waals surface area contributed by atoms with Gasteiger partial charge in [0, 0.05) is 22.4 Å². The average molecular weight is 304 g/mol. The van der Waals surface area contributed by atoms with Crippen LogP contribution in [0.4, 0.5) is 11.4 Å². The zero-order valence-corrected chi connectivity index (χ0v) is 12.6. The minimum Gasteiger partial charge on any atom is -0.490 e. The first kappa shape index (κ1) is 15.2. The van der Waals surface area contributed by atoms with E-state index in [0.29, 0.717) is 5.75 Å². The lowest BCUT2D eigenvalue weighted by Gasteiger charge is -2.08. The van der Waals surface area contributed by atoms with Gasteiger partial charge in [-0.1, -0.05) is 6.07 Å². The number of aryl methyl sites for hydroxylation is 1. The van der Waals surface area contributed by atoms with Gasteiger partial charge in [-0.05, 0) is 42.3 Å². The van der Waals surface area contributed by atoms with E-state index in [4.69, 9.17) is 10.5 Å². The van der Waals surface area contributed by atoms with Gasteiger partial charge in [-0.3, -0.25) is 10.1 Å². The van der Waals surface area contributed by atoms with Crippen LogP contribution in [0, 0.1) is 17.0 Å². The number of methoxy groups -OCH3 is 1. The molecule has 0 saturated carbocycles. The molecule has 0 aromatic heterocycles. The van der Waals surface area contributed by atoms with Crippen LogP contribution in [0.3, 0.4) is 0 Å². The Kier molecular flexibility index (Phi) is 4.70. The Balaban J connectivity index is 2.16. The topological polar surface area (TPSA) is 78.4 Å². The molecule has 2 rings (SSSR count). The number of nitrogens with zero attached hydrogens (tertiary/aromatic N) is 1. The lowest BCUT2D eigenvalue weighted by atomic mass is 10.2. The van der Waals surface area contributed by atoms with Crippen LogP contribution in [0.15, 0.2) is 41.3 Å². The van der Waals surface area contributed by atoms with Crippen LogP contribution < -0.4 is 10.5 Å². The first-order valence-corrected chi connectivity index (χ1v) is 7.30. The summed E-state index contributed by atoms with van der Waals surface area (Å²) in [7, 11) is 1.43. The molecule has 2 aromatic carbocycles. The number of hydrogen-bond acceptors (Lipinski definition) is 5. The van der Waals surface area contributed by atoms with E-state index in [2.05, 4.69) is 0 Å². The molecule has 0 amide bonds. The second-order valence-corrected chi connectivity index (χ2v) is 5.59. The smallest absolute Gasteiger partial charge is 0.311 e. The van der Waals surface area contributed by atoms with Gasteiger partial charge in [0.15, 0.2) is 5.75 Å². The molecular formula is C15H16N2O3S. The van der Waals surface area contributed by atoms with Crippen molar-refractivity contribution in [2.24, 2.45) is 0 Å². The quantitative estimate of drug-likeness (QED) is 0.393. The van der Waals surface area contributed by atoms with Crippen LogP contribution in [0.5, 0.6) is 5.75 Å². The van der Waals surface area contributed by atoms with Crippen molar-refractivity contribution in [3.63, 3.8) is 0 Å². The number of rotatable bonds is 5. The largest absolute Gasteiger partial charge is 0.490 e. The van der Waals surface area contributed by atoms with Gasteiger partial charge >= 0.3 is 5.69 Å². The van der Waals surface area contributed by atoms with Crippen molar-refractivity contribution >= 4 is 23.1 Å². The first-order valence-electron chi connectivity index (χ1n) is 6.31. The van der Waals surface area contributed by atoms with Gasteiger partial charge in [0.05, 0.1) is 12.0 Å². The predicted molar refractivity (Wildman–Crippen MR) is 84.8 cm³/mol. The standard InChI is InChI=1S/C15H16N2O3S/c1-10-7-12(16)4-6-15(10)21-9-11-3-5-14(20-2)13(8-11)17(18)19/h3-8H,9,16H2,1-2H3. The van der Waals surface area contributed by atoms with Crippen LogP contribution in [0.1, 0.15) is 11.1 Å². The maximum Gasteiger partial charge on any atom is 0.311 e. The fraction of sp³-hybridized carbons (Fsp3) is 0.200. The minimum atomic E-state index is -0.429. The number of thioether (sulfide) groups is 1. The van der Waals surface area contributed by atoms with Gasteiger partial charge in [-0.25, -0.2) is 0 Å². The molecule has 0 bridgehead atoms. The molecule has 0 atom stereocenters. The van der Waals surface area contributed by atoms with Crippen molar-refractivity contribution in [2.45, 2.75) is 17.6 Å². The van der Waals surface area contributed by atoms with Crippen molar-refractivity contribution < 1.29 is 9.66 Å². The summed E-state index contributed by atoms with van der Waals surface area (Å²) in [6.45, 7) is 2.00. The summed E-state index contributed by atoms with van der Waals surface area (Å²) in [5.41, 5.74) is 8.42. The highest BCUT2D eigenvalue weighted by molar-refractivity contribution is 7.98. The third-order valence-electron chi connectivity index (χ3n) is 3.03. The number of hydrogen-bond donors (Lipinski definition) is 1. The molecule has 5 nitrogen and oxygen atoms in total. The van der Waals surface area contributed by atoms with Crippen LogP contribution in [0.25, 0.3) is 0 Å². The number of nitrogens with two attached hydrogens (primary N) is 1. The van der Waals surface area contributed by atoms with E-state index in [1.165, 1.54) is 7.11 Å². The number of anilines is 1. The molecule has 0 radical (unpaired) electrons. The summed E-state index contributed by atoms with van der Waals surface area (Å²) in [4.78, 5) is 11.7. The number of nitrogen functional groups attached to an aromatic ring is 1. The Morgan fingerprint density at radius 2 is 2.05 bits per heavy atom. The summed E-state index contributed by atoms with van der Waals surface area (Å²) in [5.74, 6) is 0.924. The molecule has 0 heterocycles. The van der Waals surface area contributed by atoms with Crippen LogP contribution in [-0.4, -0.2) is 12.0 Å². The molecule has 6 heteroatoms. The summed E-state index contributed by atoms with van der Waals surface area (Å²) < 4.78 is 4.99. The zero-order valence-electron chi connectivity index (χ0n) is 11.8. The fourth-order valence-corrected chi connectivity index (χ4v) is 2.92. The van der Waals surface area contributed by atoms with Crippen LogP contribution >= 0.6 is 11.8 Å². The van der Waals surface area contributed by atoms with E-state index < -0.39 is 4.92 Å². The molecule has 2 N–H and O–H groups in total. The second kappa shape index (κ2) is 6.49. The van der Waals surface area contributed by atoms with Gasteiger partial charge in [0.2, 0.25) is 0 Å². The number of nitro groups is 1. The molecule has 110 valence electrons. The van der Waals surface area contributed by atoms with Gasteiger partial charge in [0.1, 0.15) is 0 Å². The molecule has 2 aromatic rings. The average Bonchev–Trinajstić information content (AvgIpc) is 2.46. The van der Waals surface area contributed by atoms with Crippen molar-refractivity contribution in [1.29, 1.82) is 0 Å². The van der Waals surface area contributed by atoms with E-state index in [9.17, 15) is 10.1 Å². The highest BCUT2D eigenvalue weighted by atomic mass is 32.2. The lowest BCUT2D eigenvalue weighted by Crippen LogP contribution is -1.95. The van der Waals surface area contributed by atoms with Gasteiger partial charge in [-0.2, -0.15) is 0 Å². The number of ether oxygens (including phenoxy) is 1. The predicted octanol–water partition coefficient (Wildman–Crippen LogP) is 3.79. The van der Waals surface area contributed by atoms with Crippen molar-refractivity contribution in [3.8, 4) is 5.75 Å². The summed E-state index contributed by atoms with van der Waals surface area (Å²) in [6, 6.07) is 10.8. The van der Waals surface area contributed by atoms with Crippen molar-refractivity contribution in [2.75, 3.05) is 12.8 Å². The third-order valence-corrected chi connectivity index (χ3v) is 4.28. The SMILES string of the molecule is COc1ccc(CSc2ccc(N)cc2C)cc1[N+](=O)[O-]. The highest BCUT2D eigenvalue weighted by Gasteiger charge is 2.15. The normalized spacial score (nSPS) is 10.4. The molecule has 0 aliphatic heterocycles. The fourth-order valence-electron chi connectivity index (χ4n) is 1.96. The summed E-state index contributed by atoms with van der Waals surface area (Å²) in [5, 5.41) is 11.0. The van der Waals surface area contributed by atoms with Crippen LogP contribution in [0.2, 0.25) is 0 Å². The first-order chi connectivity index (χ1) is 10.0. The van der Waals surface area contributed by atoms with Gasteiger partial charge < -0.3 is 10.5 Å². The molecule has 0 fully saturated rings. The lowest BCUT2D eigenvalue weighted by molar-refractivity contribution is -0.385. The Morgan fingerprint density at radius 1 is 1.29 bits per heavy atom. The van der Waals surface area contributed by atoms with Crippen LogP contribution in [-0.2, 0) is 5.75 Å². The molecule has 0 spiro atoms. The molecule has 0 saturated heterocycles. The van der Waals surface area contributed by atoms with E-state index >= 15 is 0 Å². The maximum atomic E-state index is 11.0. The summed E-state index contributed by atoms with van der Waals surface area (Å²) in [6.07, 6.45) is 0. The van der Waals surface area contributed by atoms with E-state index in [1.807, 2.05) is 31.2 Å². The van der Waals surface area contributed by atoms with Crippen molar-refractivity contribution in [1.82, 2.24) is 0 Å². The number of benzene rings is 2.